The lowest BCUT2D eigenvalue weighted by Crippen LogP contribution is -2.47. The van der Waals surface area contributed by atoms with E-state index in [9.17, 15) is 14.9 Å². The second-order valence-electron chi connectivity index (χ2n) is 6.57. The van der Waals surface area contributed by atoms with E-state index < -0.39 is 10.8 Å². The van der Waals surface area contributed by atoms with Gasteiger partial charge in [-0.2, -0.15) is 0 Å². The van der Waals surface area contributed by atoms with E-state index in [4.69, 9.17) is 9.47 Å². The molecule has 1 aliphatic rings. The van der Waals surface area contributed by atoms with E-state index >= 15 is 0 Å². The molecule has 28 heavy (non-hydrogen) atoms. The molecule has 8 nitrogen and oxygen atoms in total. The van der Waals surface area contributed by atoms with Crippen molar-refractivity contribution in [2.75, 3.05) is 33.4 Å². The van der Waals surface area contributed by atoms with E-state index in [0.717, 1.165) is 13.1 Å². The van der Waals surface area contributed by atoms with Gasteiger partial charge in [0.25, 0.3) is 11.6 Å². The van der Waals surface area contributed by atoms with Crippen molar-refractivity contribution in [1.29, 1.82) is 0 Å². The maximum Gasteiger partial charge on any atom is 0.270 e. The van der Waals surface area contributed by atoms with Gasteiger partial charge in [0, 0.05) is 38.3 Å². The number of non-ortho nitro benzene ring substituents is 1. The fourth-order valence-electron chi connectivity index (χ4n) is 3.18. The lowest BCUT2D eigenvalue weighted by molar-refractivity contribution is -0.384. The Hall–Kier alpha value is -2.97. The number of carbonyl (C=O) groups excluding carboxylic acids is 1. The molecule has 1 saturated heterocycles. The van der Waals surface area contributed by atoms with Gasteiger partial charge in [-0.1, -0.05) is 30.3 Å². The Kier molecular flexibility index (Phi) is 6.57. The van der Waals surface area contributed by atoms with E-state index in [1.165, 1.54) is 30.9 Å². The number of morpholine rings is 1. The zero-order chi connectivity index (χ0) is 19.9. The quantitative estimate of drug-likeness (QED) is 0.580. The minimum Gasteiger partial charge on any atom is -0.496 e. The van der Waals surface area contributed by atoms with Crippen LogP contribution in [0.5, 0.6) is 5.75 Å². The molecule has 0 radical (unpaired) electrons. The standard InChI is InChI=1S/C20H23N3O5/c1-27-19-8-7-16(23(25)26)11-18(19)20(24)21-12-17-14-22(9-10-28-17)13-15-5-3-2-4-6-15/h2-8,11,17H,9-10,12-14H2,1H3,(H,21,24)/t17-/m1/s1. The van der Waals surface area contributed by atoms with E-state index in [1.807, 2.05) is 18.2 Å². The SMILES string of the molecule is COc1ccc([N+](=O)[O-])cc1C(=O)NC[C@@H]1CN(Cc2ccccc2)CCO1. The van der Waals surface area contributed by atoms with Crippen LogP contribution in [0.15, 0.2) is 48.5 Å². The van der Waals surface area contributed by atoms with Crippen LogP contribution in [-0.2, 0) is 11.3 Å². The molecule has 8 heteroatoms. The van der Waals surface area contributed by atoms with Crippen molar-refractivity contribution in [2.24, 2.45) is 0 Å². The van der Waals surface area contributed by atoms with Crippen molar-refractivity contribution >= 4 is 11.6 Å². The Bertz CT molecular complexity index is 828. The van der Waals surface area contributed by atoms with Crippen LogP contribution in [-0.4, -0.2) is 55.2 Å². The number of ether oxygens (including phenoxy) is 2. The second-order valence-corrected chi connectivity index (χ2v) is 6.57. The third-order valence-electron chi connectivity index (χ3n) is 4.60. The summed E-state index contributed by atoms with van der Waals surface area (Å²) >= 11 is 0. The van der Waals surface area contributed by atoms with Gasteiger partial charge in [0.15, 0.2) is 0 Å². The van der Waals surface area contributed by atoms with E-state index in [0.29, 0.717) is 25.4 Å². The minimum atomic E-state index is -0.540. The number of nitrogens with one attached hydrogen (secondary N) is 1. The Morgan fingerprint density at radius 3 is 2.82 bits per heavy atom. The molecule has 0 unspecified atom stereocenters. The number of amides is 1. The lowest BCUT2D eigenvalue weighted by atomic mass is 10.1. The van der Waals surface area contributed by atoms with Crippen molar-refractivity contribution in [1.82, 2.24) is 10.2 Å². The summed E-state index contributed by atoms with van der Waals surface area (Å²) in [6, 6.07) is 14.1. The van der Waals surface area contributed by atoms with Crippen molar-refractivity contribution in [3.63, 3.8) is 0 Å². The Morgan fingerprint density at radius 2 is 2.11 bits per heavy atom. The number of hydrogen-bond donors (Lipinski definition) is 1. The normalized spacial score (nSPS) is 17.1. The first-order valence-electron chi connectivity index (χ1n) is 9.05. The number of nitro groups is 1. The Balaban J connectivity index is 1.58. The molecule has 0 saturated carbocycles. The van der Waals surface area contributed by atoms with Crippen LogP contribution in [0.25, 0.3) is 0 Å². The Labute approximate surface area is 163 Å². The van der Waals surface area contributed by atoms with Crippen LogP contribution in [0, 0.1) is 10.1 Å². The van der Waals surface area contributed by atoms with Crippen molar-refractivity contribution in [3.8, 4) is 5.75 Å². The number of rotatable bonds is 7. The summed E-state index contributed by atoms with van der Waals surface area (Å²) in [5.74, 6) is -0.136. The molecule has 1 atom stereocenters. The first-order valence-corrected chi connectivity index (χ1v) is 9.05. The van der Waals surface area contributed by atoms with Crippen LogP contribution in [0.3, 0.4) is 0 Å². The number of carbonyl (C=O) groups is 1. The highest BCUT2D eigenvalue weighted by molar-refractivity contribution is 5.97. The highest BCUT2D eigenvalue weighted by Crippen LogP contribution is 2.24. The molecule has 0 aromatic heterocycles. The third-order valence-corrected chi connectivity index (χ3v) is 4.60. The Morgan fingerprint density at radius 1 is 1.32 bits per heavy atom. The summed E-state index contributed by atoms with van der Waals surface area (Å²) in [7, 11) is 1.42. The largest absolute Gasteiger partial charge is 0.496 e. The van der Waals surface area contributed by atoms with Gasteiger partial charge < -0.3 is 14.8 Å². The summed E-state index contributed by atoms with van der Waals surface area (Å²) in [5, 5.41) is 13.8. The molecule has 0 aliphatic carbocycles. The molecule has 1 heterocycles. The molecule has 0 spiro atoms. The van der Waals surface area contributed by atoms with Crippen LogP contribution < -0.4 is 10.1 Å². The number of hydrogen-bond acceptors (Lipinski definition) is 6. The average molecular weight is 385 g/mol. The summed E-state index contributed by atoms with van der Waals surface area (Å²) in [4.78, 5) is 25.2. The average Bonchev–Trinajstić information content (AvgIpc) is 2.72. The second kappa shape index (κ2) is 9.29. The van der Waals surface area contributed by atoms with E-state index in [2.05, 4.69) is 22.3 Å². The van der Waals surface area contributed by atoms with Gasteiger partial charge in [-0.3, -0.25) is 19.8 Å². The van der Waals surface area contributed by atoms with Crippen LogP contribution in [0.4, 0.5) is 5.69 Å². The molecular formula is C20H23N3O5. The van der Waals surface area contributed by atoms with Gasteiger partial charge in [-0.25, -0.2) is 0 Å². The monoisotopic (exact) mass is 385 g/mol. The summed E-state index contributed by atoms with van der Waals surface area (Å²) in [6.07, 6.45) is -0.147. The minimum absolute atomic E-state index is 0.133. The van der Waals surface area contributed by atoms with Gasteiger partial charge in [0.05, 0.1) is 30.3 Å². The summed E-state index contributed by atoms with van der Waals surface area (Å²) in [6.45, 7) is 3.26. The zero-order valence-electron chi connectivity index (χ0n) is 15.7. The van der Waals surface area contributed by atoms with Gasteiger partial charge in [0.1, 0.15) is 5.75 Å². The predicted molar refractivity (Wildman–Crippen MR) is 103 cm³/mol. The molecular weight excluding hydrogens is 362 g/mol. The fraction of sp³-hybridized carbons (Fsp3) is 0.350. The molecule has 1 N–H and O–H groups in total. The number of nitro benzene ring substituents is 1. The van der Waals surface area contributed by atoms with Gasteiger partial charge in [0.2, 0.25) is 0 Å². The highest BCUT2D eigenvalue weighted by atomic mass is 16.6. The molecule has 3 rings (SSSR count). The molecule has 1 fully saturated rings. The van der Waals surface area contributed by atoms with Crippen molar-refractivity contribution in [3.05, 3.63) is 69.8 Å². The maximum absolute atomic E-state index is 12.5. The molecule has 0 bridgehead atoms. The highest BCUT2D eigenvalue weighted by Gasteiger charge is 2.23. The number of methoxy groups -OCH3 is 1. The van der Waals surface area contributed by atoms with Crippen LogP contribution in [0.1, 0.15) is 15.9 Å². The van der Waals surface area contributed by atoms with Crippen LogP contribution in [0.2, 0.25) is 0 Å². The molecule has 1 aliphatic heterocycles. The molecule has 1 amide bonds. The van der Waals surface area contributed by atoms with E-state index in [1.54, 1.807) is 0 Å². The van der Waals surface area contributed by atoms with Gasteiger partial charge in [-0.05, 0) is 11.6 Å². The molecule has 2 aromatic rings. The van der Waals surface area contributed by atoms with Crippen LogP contribution >= 0.6 is 0 Å². The predicted octanol–water partition coefficient (Wildman–Crippen LogP) is 2.23. The number of nitrogens with zero attached hydrogens (tertiary/aromatic N) is 2. The summed E-state index contributed by atoms with van der Waals surface area (Å²) < 4.78 is 10.9. The topological polar surface area (TPSA) is 93.9 Å². The smallest absolute Gasteiger partial charge is 0.270 e. The van der Waals surface area contributed by atoms with Crippen molar-refractivity contribution < 1.29 is 19.2 Å². The zero-order valence-corrected chi connectivity index (χ0v) is 15.7. The third kappa shape index (κ3) is 5.05. The van der Waals surface area contributed by atoms with Gasteiger partial charge >= 0.3 is 0 Å². The van der Waals surface area contributed by atoms with E-state index in [-0.39, 0.29) is 17.4 Å². The summed E-state index contributed by atoms with van der Waals surface area (Å²) in [5.41, 5.74) is 1.20. The van der Waals surface area contributed by atoms with Crippen molar-refractivity contribution in [2.45, 2.75) is 12.6 Å². The fourth-order valence-corrected chi connectivity index (χ4v) is 3.18. The first kappa shape index (κ1) is 19.8. The number of benzene rings is 2. The first-order chi connectivity index (χ1) is 13.6. The molecule has 2 aromatic carbocycles. The molecule has 148 valence electrons. The lowest BCUT2D eigenvalue weighted by Gasteiger charge is -2.33. The maximum atomic E-state index is 12.5. The van der Waals surface area contributed by atoms with Gasteiger partial charge in [-0.15, -0.1) is 0 Å².